The maximum absolute atomic E-state index is 5.90. The molecular weight excluding hydrogens is 261 g/mol. The van der Waals surface area contributed by atoms with Gasteiger partial charge in [0, 0.05) is 12.1 Å². The third-order valence-electron chi connectivity index (χ3n) is 2.17. The normalized spacial score (nSPS) is 10.5. The van der Waals surface area contributed by atoms with Crippen LogP contribution in [0.15, 0.2) is 22.6 Å². The minimum Gasteiger partial charge on any atom is -0.423 e. The van der Waals surface area contributed by atoms with Crippen LogP contribution in [0.1, 0.15) is 18.7 Å². The van der Waals surface area contributed by atoms with E-state index in [4.69, 9.17) is 27.6 Å². The van der Waals surface area contributed by atoms with E-state index in [9.17, 15) is 0 Å². The maximum atomic E-state index is 5.90. The first-order valence-corrected chi connectivity index (χ1v) is 5.95. The highest BCUT2D eigenvalue weighted by atomic mass is 35.5. The van der Waals surface area contributed by atoms with Gasteiger partial charge in [-0.2, -0.15) is 0 Å². The summed E-state index contributed by atoms with van der Waals surface area (Å²) in [5, 5.41) is 11.9. The first-order chi connectivity index (χ1) is 8.19. The number of aromatic nitrogens is 2. The summed E-state index contributed by atoms with van der Waals surface area (Å²) < 4.78 is 5.36. The smallest absolute Gasteiger partial charge is 0.235 e. The highest BCUT2D eigenvalue weighted by Gasteiger charge is 2.04. The van der Waals surface area contributed by atoms with Crippen molar-refractivity contribution in [3.63, 3.8) is 0 Å². The predicted octanol–water partition coefficient (Wildman–Crippen LogP) is 3.55. The van der Waals surface area contributed by atoms with Gasteiger partial charge in [-0.15, -0.1) is 10.2 Å². The molecule has 0 amide bonds. The van der Waals surface area contributed by atoms with E-state index >= 15 is 0 Å². The molecule has 0 saturated heterocycles. The molecule has 90 valence electrons. The van der Waals surface area contributed by atoms with Gasteiger partial charge in [0.15, 0.2) is 0 Å². The van der Waals surface area contributed by atoms with Crippen LogP contribution in [0.4, 0.5) is 5.69 Å². The van der Waals surface area contributed by atoms with Crippen LogP contribution in [0, 0.1) is 0 Å². The van der Waals surface area contributed by atoms with E-state index in [2.05, 4.69) is 15.5 Å². The Labute approximate surface area is 109 Å². The Morgan fingerprint density at radius 1 is 1.18 bits per heavy atom. The molecule has 0 saturated carbocycles. The van der Waals surface area contributed by atoms with Crippen LogP contribution in [0.5, 0.6) is 0 Å². The Morgan fingerprint density at radius 3 is 2.59 bits per heavy atom. The van der Waals surface area contributed by atoms with Gasteiger partial charge in [-0.25, -0.2) is 0 Å². The molecule has 0 aliphatic carbocycles. The van der Waals surface area contributed by atoms with Crippen molar-refractivity contribution in [2.24, 2.45) is 0 Å². The molecule has 1 heterocycles. The molecule has 0 radical (unpaired) electrons. The molecule has 0 unspecified atom stereocenters. The van der Waals surface area contributed by atoms with E-state index in [1.54, 1.807) is 12.1 Å². The van der Waals surface area contributed by atoms with Crippen LogP contribution in [0.2, 0.25) is 10.0 Å². The van der Waals surface area contributed by atoms with E-state index in [-0.39, 0.29) is 0 Å². The second-order valence-corrected chi connectivity index (χ2v) is 4.24. The molecule has 1 aromatic carbocycles. The van der Waals surface area contributed by atoms with Crippen molar-refractivity contribution < 1.29 is 4.42 Å². The summed E-state index contributed by atoms with van der Waals surface area (Å²) in [6.45, 7) is 2.43. The average molecular weight is 272 g/mol. The molecule has 0 fully saturated rings. The summed E-state index contributed by atoms with van der Waals surface area (Å²) in [6.07, 6.45) is 0.736. The van der Waals surface area contributed by atoms with E-state index in [0.29, 0.717) is 28.4 Å². The van der Waals surface area contributed by atoms with Crippen molar-refractivity contribution in [1.82, 2.24) is 10.2 Å². The molecule has 0 aliphatic heterocycles. The number of rotatable bonds is 4. The summed E-state index contributed by atoms with van der Waals surface area (Å²) in [7, 11) is 0. The standard InChI is InChI=1S/C11H11Cl2N3O/c1-2-10-15-16-11(17-10)6-14-7-3-4-8(12)9(13)5-7/h3-5,14H,2,6H2,1H3. The second kappa shape index (κ2) is 5.38. The molecule has 0 atom stereocenters. The molecule has 1 aromatic heterocycles. The van der Waals surface area contributed by atoms with Gasteiger partial charge in [0.1, 0.15) is 0 Å². The Bertz CT molecular complexity index is 513. The number of aryl methyl sites for hydroxylation is 1. The molecule has 0 spiro atoms. The highest BCUT2D eigenvalue weighted by molar-refractivity contribution is 6.42. The summed E-state index contributed by atoms with van der Waals surface area (Å²) in [5.41, 5.74) is 0.857. The fourth-order valence-electron chi connectivity index (χ4n) is 1.29. The van der Waals surface area contributed by atoms with Crippen LogP contribution in [0.3, 0.4) is 0 Å². The van der Waals surface area contributed by atoms with Gasteiger partial charge in [0.05, 0.1) is 16.6 Å². The lowest BCUT2D eigenvalue weighted by atomic mass is 10.3. The Hall–Kier alpha value is -1.26. The molecular formula is C11H11Cl2N3O. The minimum absolute atomic E-state index is 0.463. The summed E-state index contributed by atoms with van der Waals surface area (Å²) in [4.78, 5) is 0. The number of benzene rings is 1. The Kier molecular flexibility index (Phi) is 3.86. The van der Waals surface area contributed by atoms with Gasteiger partial charge in [-0.05, 0) is 18.2 Å². The molecule has 0 bridgehead atoms. The average Bonchev–Trinajstić information content (AvgIpc) is 2.79. The lowest BCUT2D eigenvalue weighted by Gasteiger charge is -2.04. The van der Waals surface area contributed by atoms with Crippen molar-refractivity contribution in [2.75, 3.05) is 5.32 Å². The van der Waals surface area contributed by atoms with Crippen molar-refractivity contribution in [2.45, 2.75) is 19.9 Å². The van der Waals surface area contributed by atoms with Gasteiger partial charge < -0.3 is 9.73 Å². The van der Waals surface area contributed by atoms with Gasteiger partial charge in [-0.3, -0.25) is 0 Å². The molecule has 17 heavy (non-hydrogen) atoms. The van der Waals surface area contributed by atoms with Crippen molar-refractivity contribution >= 4 is 28.9 Å². The van der Waals surface area contributed by atoms with Gasteiger partial charge in [0.25, 0.3) is 0 Å². The summed E-state index contributed by atoms with van der Waals surface area (Å²) in [5.74, 6) is 1.18. The first-order valence-electron chi connectivity index (χ1n) is 5.19. The predicted molar refractivity (Wildman–Crippen MR) is 67.5 cm³/mol. The number of nitrogens with one attached hydrogen (secondary N) is 1. The van der Waals surface area contributed by atoms with Crippen molar-refractivity contribution in [3.05, 3.63) is 40.0 Å². The molecule has 2 aromatic rings. The summed E-state index contributed by atoms with van der Waals surface area (Å²) >= 11 is 11.7. The molecule has 2 rings (SSSR count). The fourth-order valence-corrected chi connectivity index (χ4v) is 1.58. The van der Waals surface area contributed by atoms with Crippen LogP contribution >= 0.6 is 23.2 Å². The maximum Gasteiger partial charge on any atom is 0.235 e. The lowest BCUT2D eigenvalue weighted by molar-refractivity contribution is 0.460. The number of hydrogen-bond donors (Lipinski definition) is 1. The van der Waals surface area contributed by atoms with Crippen LogP contribution in [0.25, 0.3) is 0 Å². The summed E-state index contributed by atoms with van der Waals surface area (Å²) in [6, 6.07) is 5.32. The number of anilines is 1. The minimum atomic E-state index is 0.463. The Morgan fingerprint density at radius 2 is 1.94 bits per heavy atom. The number of halogens is 2. The van der Waals surface area contributed by atoms with Gasteiger partial charge in [-0.1, -0.05) is 30.1 Å². The zero-order chi connectivity index (χ0) is 12.3. The van der Waals surface area contributed by atoms with Gasteiger partial charge in [0.2, 0.25) is 11.8 Å². The SMILES string of the molecule is CCc1nnc(CNc2ccc(Cl)c(Cl)c2)o1. The molecule has 4 nitrogen and oxygen atoms in total. The lowest BCUT2D eigenvalue weighted by Crippen LogP contribution is -1.99. The van der Waals surface area contributed by atoms with Crippen LogP contribution in [-0.4, -0.2) is 10.2 Å². The molecule has 1 N–H and O–H groups in total. The van der Waals surface area contributed by atoms with E-state index in [1.165, 1.54) is 0 Å². The van der Waals surface area contributed by atoms with Crippen molar-refractivity contribution in [1.29, 1.82) is 0 Å². The number of hydrogen-bond acceptors (Lipinski definition) is 4. The third kappa shape index (κ3) is 3.11. The monoisotopic (exact) mass is 271 g/mol. The first kappa shape index (κ1) is 12.2. The zero-order valence-electron chi connectivity index (χ0n) is 9.20. The Balaban J connectivity index is 1.99. The van der Waals surface area contributed by atoms with Crippen LogP contribution in [-0.2, 0) is 13.0 Å². The van der Waals surface area contributed by atoms with E-state index < -0.39 is 0 Å². The van der Waals surface area contributed by atoms with Crippen LogP contribution < -0.4 is 5.32 Å². The zero-order valence-corrected chi connectivity index (χ0v) is 10.7. The van der Waals surface area contributed by atoms with E-state index in [0.717, 1.165) is 12.1 Å². The molecule has 6 heteroatoms. The quantitative estimate of drug-likeness (QED) is 0.924. The third-order valence-corrected chi connectivity index (χ3v) is 2.91. The van der Waals surface area contributed by atoms with E-state index in [1.807, 2.05) is 13.0 Å². The highest BCUT2D eigenvalue weighted by Crippen LogP contribution is 2.25. The van der Waals surface area contributed by atoms with Gasteiger partial charge >= 0.3 is 0 Å². The fraction of sp³-hybridized carbons (Fsp3) is 0.273. The molecule has 0 aliphatic rings. The van der Waals surface area contributed by atoms with Crippen molar-refractivity contribution in [3.8, 4) is 0 Å². The largest absolute Gasteiger partial charge is 0.423 e. The number of nitrogens with zero attached hydrogens (tertiary/aromatic N) is 2. The topological polar surface area (TPSA) is 51.0 Å². The second-order valence-electron chi connectivity index (χ2n) is 3.43.